The zero-order chi connectivity index (χ0) is 20.1. The van der Waals surface area contributed by atoms with Crippen molar-refractivity contribution in [3.63, 3.8) is 0 Å². The van der Waals surface area contributed by atoms with Gasteiger partial charge in [0.15, 0.2) is 0 Å². The molecular formula is C23H25N2O2S-. The van der Waals surface area contributed by atoms with E-state index < -0.39 is 5.97 Å². The Bertz CT molecular complexity index is 922. The number of benzene rings is 1. The van der Waals surface area contributed by atoms with Crippen molar-refractivity contribution >= 4 is 17.7 Å². The van der Waals surface area contributed by atoms with Crippen LogP contribution in [0.25, 0.3) is 0 Å². The minimum absolute atomic E-state index is 0.237. The molecule has 0 N–H and O–H groups in total. The van der Waals surface area contributed by atoms with Crippen molar-refractivity contribution < 1.29 is 9.90 Å². The molecule has 1 aromatic heterocycles. The highest BCUT2D eigenvalue weighted by molar-refractivity contribution is 7.99. The third kappa shape index (κ3) is 4.23. The van der Waals surface area contributed by atoms with Crippen LogP contribution in [0.3, 0.4) is 0 Å². The number of aromatic nitrogens is 2. The number of nitrogens with zero attached hydrogens (tertiary/aromatic N) is 2. The topological polar surface area (TPSA) is 65.9 Å². The SMILES string of the molecule is CCc1cc2c(cc1C#Cc1ccc(CC(=O)[O-])nn1)C(CC)(CC)CCS2. The molecule has 0 atom stereocenters. The van der Waals surface area contributed by atoms with Crippen molar-refractivity contribution in [2.45, 2.75) is 63.2 Å². The summed E-state index contributed by atoms with van der Waals surface area (Å²) in [6, 6.07) is 7.95. The van der Waals surface area contributed by atoms with E-state index in [0.717, 1.165) is 24.8 Å². The van der Waals surface area contributed by atoms with Gasteiger partial charge in [0.05, 0.1) is 5.69 Å². The van der Waals surface area contributed by atoms with E-state index in [1.54, 1.807) is 12.1 Å². The van der Waals surface area contributed by atoms with Gasteiger partial charge in [-0.3, -0.25) is 0 Å². The number of carbonyl (C=O) groups excluding carboxylic acids is 1. The lowest BCUT2D eigenvalue weighted by Crippen LogP contribution is -2.29. The smallest absolute Gasteiger partial charge is 0.136 e. The first-order valence-corrected chi connectivity index (χ1v) is 10.8. The van der Waals surface area contributed by atoms with E-state index in [9.17, 15) is 9.90 Å². The summed E-state index contributed by atoms with van der Waals surface area (Å²) in [4.78, 5) is 12.1. The van der Waals surface area contributed by atoms with Crippen LogP contribution in [-0.4, -0.2) is 21.9 Å². The van der Waals surface area contributed by atoms with Crippen molar-refractivity contribution in [3.8, 4) is 11.8 Å². The predicted molar refractivity (Wildman–Crippen MR) is 110 cm³/mol. The van der Waals surface area contributed by atoms with E-state index in [-0.39, 0.29) is 11.8 Å². The quantitative estimate of drug-likeness (QED) is 0.730. The molecule has 0 unspecified atom stereocenters. The van der Waals surface area contributed by atoms with Crippen LogP contribution in [-0.2, 0) is 23.1 Å². The molecule has 0 bridgehead atoms. The molecule has 0 amide bonds. The van der Waals surface area contributed by atoms with Crippen LogP contribution in [0.4, 0.5) is 0 Å². The fraction of sp³-hybridized carbons (Fsp3) is 0.435. The number of rotatable bonds is 5. The van der Waals surface area contributed by atoms with Crippen LogP contribution in [0.1, 0.15) is 68.1 Å². The Hall–Kier alpha value is -2.32. The Morgan fingerprint density at radius 1 is 1.18 bits per heavy atom. The van der Waals surface area contributed by atoms with Gasteiger partial charge in [-0.15, -0.1) is 16.9 Å². The number of aryl methyl sites for hydroxylation is 1. The molecule has 0 saturated carbocycles. The summed E-state index contributed by atoms with van der Waals surface area (Å²) in [5.41, 5.74) is 4.90. The van der Waals surface area contributed by atoms with Gasteiger partial charge in [-0.25, -0.2) is 0 Å². The average molecular weight is 394 g/mol. The zero-order valence-electron chi connectivity index (χ0n) is 16.7. The number of carboxylic acid groups (broad SMARTS) is 1. The van der Waals surface area contributed by atoms with E-state index >= 15 is 0 Å². The Balaban J connectivity index is 1.97. The van der Waals surface area contributed by atoms with Crippen LogP contribution < -0.4 is 5.11 Å². The van der Waals surface area contributed by atoms with Crippen molar-refractivity contribution in [2.75, 3.05) is 5.75 Å². The number of hydrogen-bond acceptors (Lipinski definition) is 5. The standard InChI is InChI=1S/C23H26N2O2S/c1-4-16-14-21-20(23(5-2,6-3)11-12-28-21)13-17(16)7-8-18-9-10-19(25-24-18)15-22(26)27/h9-10,13-14H,4-6,11-12,15H2,1-3H3,(H,26,27)/p-1. The fourth-order valence-corrected chi connectivity index (χ4v) is 5.21. The highest BCUT2D eigenvalue weighted by Crippen LogP contribution is 2.46. The Morgan fingerprint density at radius 3 is 2.57 bits per heavy atom. The molecule has 5 heteroatoms. The second-order valence-corrected chi connectivity index (χ2v) is 8.29. The van der Waals surface area contributed by atoms with Gasteiger partial charge in [-0.05, 0) is 78.2 Å². The van der Waals surface area contributed by atoms with Gasteiger partial charge >= 0.3 is 0 Å². The molecule has 0 spiro atoms. The molecule has 0 aliphatic carbocycles. The van der Waals surface area contributed by atoms with E-state index in [4.69, 9.17) is 0 Å². The number of fused-ring (bicyclic) bond motifs is 1. The summed E-state index contributed by atoms with van der Waals surface area (Å²) in [6.45, 7) is 6.72. The summed E-state index contributed by atoms with van der Waals surface area (Å²) in [6.07, 6.45) is 4.18. The third-order valence-corrected chi connectivity index (χ3v) is 6.78. The highest BCUT2D eigenvalue weighted by Gasteiger charge is 2.34. The lowest BCUT2D eigenvalue weighted by Gasteiger charge is -2.38. The van der Waals surface area contributed by atoms with Crippen LogP contribution in [0, 0.1) is 11.8 Å². The maximum absolute atomic E-state index is 10.6. The maximum Gasteiger partial charge on any atom is 0.136 e. The van der Waals surface area contributed by atoms with E-state index in [1.165, 1.54) is 28.2 Å². The van der Waals surface area contributed by atoms with Crippen molar-refractivity contribution in [1.82, 2.24) is 10.2 Å². The van der Waals surface area contributed by atoms with Crippen LogP contribution >= 0.6 is 11.8 Å². The molecule has 1 aliphatic rings. The van der Waals surface area contributed by atoms with E-state index in [1.807, 2.05) is 11.8 Å². The van der Waals surface area contributed by atoms with Crippen LogP contribution in [0.15, 0.2) is 29.2 Å². The van der Waals surface area contributed by atoms with Gasteiger partial charge in [0.1, 0.15) is 5.69 Å². The summed E-state index contributed by atoms with van der Waals surface area (Å²) in [5, 5.41) is 18.6. The van der Waals surface area contributed by atoms with E-state index in [0.29, 0.717) is 11.4 Å². The highest BCUT2D eigenvalue weighted by atomic mass is 32.2. The molecule has 4 nitrogen and oxygen atoms in total. The van der Waals surface area contributed by atoms with Crippen LogP contribution in [0.5, 0.6) is 0 Å². The largest absolute Gasteiger partial charge is 0.550 e. The molecular weight excluding hydrogens is 368 g/mol. The molecule has 1 aliphatic heterocycles. The van der Waals surface area contributed by atoms with Crippen molar-refractivity contribution in [1.29, 1.82) is 0 Å². The molecule has 1 aromatic carbocycles. The third-order valence-electron chi connectivity index (χ3n) is 5.72. The second-order valence-electron chi connectivity index (χ2n) is 7.15. The first kappa shape index (κ1) is 20.4. The minimum Gasteiger partial charge on any atom is -0.550 e. The van der Waals surface area contributed by atoms with Gasteiger partial charge in [-0.1, -0.05) is 26.7 Å². The lowest BCUT2D eigenvalue weighted by molar-refractivity contribution is -0.304. The Morgan fingerprint density at radius 2 is 1.96 bits per heavy atom. The summed E-state index contributed by atoms with van der Waals surface area (Å²) in [5.74, 6) is 6.39. The summed E-state index contributed by atoms with van der Waals surface area (Å²) in [7, 11) is 0. The molecule has 0 radical (unpaired) electrons. The van der Waals surface area contributed by atoms with E-state index in [2.05, 4.69) is 54.9 Å². The normalized spacial score (nSPS) is 14.7. The fourth-order valence-electron chi connectivity index (χ4n) is 3.84. The molecule has 146 valence electrons. The molecule has 0 fully saturated rings. The van der Waals surface area contributed by atoms with Gasteiger partial charge in [-0.2, -0.15) is 5.10 Å². The molecule has 3 rings (SSSR count). The van der Waals surface area contributed by atoms with Gasteiger partial charge in [0.25, 0.3) is 0 Å². The first-order valence-electron chi connectivity index (χ1n) is 9.86. The van der Waals surface area contributed by atoms with Crippen molar-refractivity contribution in [3.05, 3.63) is 52.3 Å². The van der Waals surface area contributed by atoms with Gasteiger partial charge in [0.2, 0.25) is 0 Å². The zero-order valence-corrected chi connectivity index (χ0v) is 17.5. The predicted octanol–water partition coefficient (Wildman–Crippen LogP) is 3.28. The number of thioether (sulfide) groups is 1. The lowest BCUT2D eigenvalue weighted by atomic mass is 9.72. The first-order chi connectivity index (χ1) is 13.5. The molecule has 28 heavy (non-hydrogen) atoms. The van der Waals surface area contributed by atoms with Gasteiger partial charge < -0.3 is 9.90 Å². The van der Waals surface area contributed by atoms with Gasteiger partial charge in [0, 0.05) is 22.8 Å². The monoisotopic (exact) mass is 393 g/mol. The molecule has 0 saturated heterocycles. The maximum atomic E-state index is 10.6. The Kier molecular flexibility index (Phi) is 6.41. The average Bonchev–Trinajstić information content (AvgIpc) is 2.71. The van der Waals surface area contributed by atoms with Crippen molar-refractivity contribution in [2.24, 2.45) is 0 Å². The minimum atomic E-state index is -1.16. The summed E-state index contributed by atoms with van der Waals surface area (Å²) >= 11 is 1.96. The number of hydrogen-bond donors (Lipinski definition) is 0. The summed E-state index contributed by atoms with van der Waals surface area (Å²) < 4.78 is 0. The second kappa shape index (κ2) is 8.79. The van der Waals surface area contributed by atoms with Crippen LogP contribution in [0.2, 0.25) is 0 Å². The molecule has 2 heterocycles. The molecule has 2 aromatic rings. The number of carbonyl (C=O) groups is 1. The number of carboxylic acids is 1. The Labute approximate surface area is 171 Å². The number of aliphatic carboxylic acids is 1.